The fraction of sp³-hybridized carbons (Fsp3) is 0.273. The number of rotatable bonds is 3. The fourth-order valence-corrected chi connectivity index (χ4v) is 2.38. The summed E-state index contributed by atoms with van der Waals surface area (Å²) in [6, 6.07) is 4.60. The Labute approximate surface area is 114 Å². The second-order valence-corrected chi connectivity index (χ2v) is 5.24. The molecule has 5 nitrogen and oxygen atoms in total. The number of imide groups is 1. The summed E-state index contributed by atoms with van der Waals surface area (Å²) in [6.45, 7) is 1.67. The smallest absolute Gasteiger partial charge is 0.321 e. The molecule has 0 aromatic heterocycles. The lowest BCUT2D eigenvalue weighted by Crippen LogP contribution is -2.41. The van der Waals surface area contributed by atoms with Gasteiger partial charge in [0, 0.05) is 17.6 Å². The molecule has 0 aliphatic heterocycles. The van der Waals surface area contributed by atoms with Gasteiger partial charge in [0.2, 0.25) is 5.91 Å². The van der Waals surface area contributed by atoms with Gasteiger partial charge in [0.1, 0.15) is 0 Å². The van der Waals surface area contributed by atoms with Gasteiger partial charge < -0.3 is 11.1 Å². The number of carbonyl (C=O) groups excluding carboxylic acids is 2. The van der Waals surface area contributed by atoms with E-state index in [1.807, 2.05) is 0 Å². The summed E-state index contributed by atoms with van der Waals surface area (Å²) in [5, 5.41) is 4.51. The second-order valence-electron chi connectivity index (χ2n) is 3.49. The van der Waals surface area contributed by atoms with Crippen LogP contribution in [0.5, 0.6) is 0 Å². The van der Waals surface area contributed by atoms with Crippen LogP contribution in [0.1, 0.15) is 6.92 Å². The molecule has 7 heteroatoms. The van der Waals surface area contributed by atoms with Crippen LogP contribution in [0.25, 0.3) is 0 Å². The van der Waals surface area contributed by atoms with Crippen LogP contribution < -0.4 is 16.4 Å². The summed E-state index contributed by atoms with van der Waals surface area (Å²) in [5.41, 5.74) is 6.29. The Bertz CT molecular complexity index is 447. The van der Waals surface area contributed by atoms with Crippen LogP contribution in [0.3, 0.4) is 0 Å². The van der Waals surface area contributed by atoms with Crippen molar-refractivity contribution < 1.29 is 9.59 Å². The lowest BCUT2D eigenvalue weighted by atomic mass is 10.3. The Morgan fingerprint density at radius 1 is 1.44 bits per heavy atom. The third-order valence-electron chi connectivity index (χ3n) is 2.13. The first-order chi connectivity index (χ1) is 8.45. The quantitative estimate of drug-likeness (QED) is 0.585. The van der Waals surface area contributed by atoms with E-state index in [0.717, 1.165) is 0 Å². The fourth-order valence-electron chi connectivity index (χ4n) is 1.16. The van der Waals surface area contributed by atoms with E-state index in [-0.39, 0.29) is 0 Å². The lowest BCUT2D eigenvalue weighted by molar-refractivity contribution is -0.119. The van der Waals surface area contributed by atoms with Crippen LogP contribution in [-0.4, -0.2) is 24.2 Å². The SMILES string of the molecule is CNC(=O)NC(=O)C(C)Sc1c(N)cccc1Cl. The number of carbonyl (C=O) groups is 2. The van der Waals surface area contributed by atoms with E-state index >= 15 is 0 Å². The zero-order valence-electron chi connectivity index (χ0n) is 9.99. The first kappa shape index (κ1) is 14.7. The zero-order valence-corrected chi connectivity index (χ0v) is 11.6. The van der Waals surface area contributed by atoms with Gasteiger partial charge >= 0.3 is 6.03 Å². The van der Waals surface area contributed by atoms with Crippen molar-refractivity contribution >= 4 is 41.0 Å². The molecule has 1 rings (SSSR count). The molecule has 1 unspecified atom stereocenters. The number of anilines is 1. The molecule has 0 aliphatic rings. The van der Waals surface area contributed by atoms with Gasteiger partial charge in [0.25, 0.3) is 0 Å². The molecular weight excluding hydrogens is 274 g/mol. The van der Waals surface area contributed by atoms with Crippen LogP contribution in [0.2, 0.25) is 5.02 Å². The monoisotopic (exact) mass is 287 g/mol. The minimum Gasteiger partial charge on any atom is -0.398 e. The minimum atomic E-state index is -0.542. The molecule has 1 atom stereocenters. The molecule has 0 bridgehead atoms. The molecule has 0 saturated heterocycles. The number of amides is 3. The molecule has 0 spiro atoms. The van der Waals surface area contributed by atoms with Crippen molar-refractivity contribution in [1.29, 1.82) is 0 Å². The topological polar surface area (TPSA) is 84.2 Å². The van der Waals surface area contributed by atoms with Crippen LogP contribution in [0.4, 0.5) is 10.5 Å². The Morgan fingerprint density at radius 3 is 2.67 bits per heavy atom. The summed E-state index contributed by atoms with van der Waals surface area (Å²) < 4.78 is 0. The molecule has 0 aliphatic carbocycles. The van der Waals surface area contributed by atoms with E-state index in [1.165, 1.54) is 18.8 Å². The number of benzene rings is 1. The average Bonchev–Trinajstić information content (AvgIpc) is 2.33. The van der Waals surface area contributed by atoms with Crippen molar-refractivity contribution in [2.45, 2.75) is 17.1 Å². The number of nitrogen functional groups attached to an aromatic ring is 1. The molecule has 0 fully saturated rings. The highest BCUT2D eigenvalue weighted by atomic mass is 35.5. The third-order valence-corrected chi connectivity index (χ3v) is 3.81. The van der Waals surface area contributed by atoms with Crippen molar-refractivity contribution in [3.8, 4) is 0 Å². The number of nitrogens with two attached hydrogens (primary N) is 1. The van der Waals surface area contributed by atoms with Crippen LogP contribution in [0, 0.1) is 0 Å². The minimum absolute atomic E-state index is 0.404. The van der Waals surface area contributed by atoms with E-state index in [2.05, 4.69) is 10.6 Å². The third kappa shape index (κ3) is 3.82. The van der Waals surface area contributed by atoms with E-state index < -0.39 is 17.2 Å². The normalized spacial score (nSPS) is 11.7. The van der Waals surface area contributed by atoms with Gasteiger partial charge in [0.05, 0.1) is 10.3 Å². The van der Waals surface area contributed by atoms with Gasteiger partial charge in [0.15, 0.2) is 0 Å². The molecule has 1 aromatic carbocycles. The predicted molar refractivity (Wildman–Crippen MR) is 73.8 cm³/mol. The largest absolute Gasteiger partial charge is 0.398 e. The van der Waals surface area contributed by atoms with E-state index in [0.29, 0.717) is 15.6 Å². The number of urea groups is 1. The van der Waals surface area contributed by atoms with Crippen molar-refractivity contribution in [2.75, 3.05) is 12.8 Å². The number of halogens is 1. The number of hydrogen-bond acceptors (Lipinski definition) is 4. The maximum Gasteiger partial charge on any atom is 0.321 e. The second kappa shape index (κ2) is 6.51. The van der Waals surface area contributed by atoms with Crippen LogP contribution in [-0.2, 0) is 4.79 Å². The summed E-state index contributed by atoms with van der Waals surface area (Å²) >= 11 is 7.21. The van der Waals surface area contributed by atoms with Gasteiger partial charge in [-0.2, -0.15) is 0 Å². The van der Waals surface area contributed by atoms with Crippen molar-refractivity contribution in [3.63, 3.8) is 0 Å². The molecule has 0 heterocycles. The van der Waals surface area contributed by atoms with Crippen molar-refractivity contribution in [1.82, 2.24) is 10.6 Å². The zero-order chi connectivity index (χ0) is 13.7. The molecule has 1 aromatic rings. The van der Waals surface area contributed by atoms with Crippen molar-refractivity contribution in [2.24, 2.45) is 0 Å². The molecular formula is C11H14ClN3O2S. The highest BCUT2D eigenvalue weighted by molar-refractivity contribution is 8.00. The molecule has 3 amide bonds. The first-order valence-electron chi connectivity index (χ1n) is 5.19. The molecule has 98 valence electrons. The maximum atomic E-state index is 11.7. The van der Waals surface area contributed by atoms with Crippen LogP contribution >= 0.6 is 23.4 Å². The maximum absolute atomic E-state index is 11.7. The molecule has 4 N–H and O–H groups in total. The van der Waals surface area contributed by atoms with Gasteiger partial charge in [-0.1, -0.05) is 17.7 Å². The predicted octanol–water partition coefficient (Wildman–Crippen LogP) is 1.86. The van der Waals surface area contributed by atoms with Crippen molar-refractivity contribution in [3.05, 3.63) is 23.2 Å². The first-order valence-corrected chi connectivity index (χ1v) is 6.44. The standard InChI is InChI=1S/C11H14ClN3O2S/c1-6(10(16)15-11(17)14-2)18-9-7(12)4-3-5-8(9)13/h3-6H,13H2,1-2H3,(H2,14,15,16,17). The molecule has 18 heavy (non-hydrogen) atoms. The van der Waals surface area contributed by atoms with Gasteiger partial charge in [-0.25, -0.2) is 4.79 Å². The lowest BCUT2D eigenvalue weighted by Gasteiger charge is -2.13. The average molecular weight is 288 g/mol. The number of nitrogens with one attached hydrogen (secondary N) is 2. The summed E-state index contributed by atoms with van der Waals surface area (Å²) in [7, 11) is 1.44. The Morgan fingerprint density at radius 2 is 2.11 bits per heavy atom. The highest BCUT2D eigenvalue weighted by Crippen LogP contribution is 2.35. The van der Waals surface area contributed by atoms with Crippen LogP contribution in [0.15, 0.2) is 23.1 Å². The van der Waals surface area contributed by atoms with E-state index in [1.54, 1.807) is 25.1 Å². The Balaban J connectivity index is 2.72. The molecule has 0 saturated carbocycles. The van der Waals surface area contributed by atoms with Gasteiger partial charge in [-0.3, -0.25) is 10.1 Å². The number of hydrogen-bond donors (Lipinski definition) is 3. The molecule has 0 radical (unpaired) electrons. The van der Waals surface area contributed by atoms with Gasteiger partial charge in [-0.15, -0.1) is 11.8 Å². The number of thioether (sulfide) groups is 1. The summed E-state index contributed by atoms with van der Waals surface area (Å²) in [5.74, 6) is -0.404. The van der Waals surface area contributed by atoms with E-state index in [4.69, 9.17) is 17.3 Å². The summed E-state index contributed by atoms with van der Waals surface area (Å²) in [4.78, 5) is 23.3. The summed E-state index contributed by atoms with van der Waals surface area (Å²) in [6.07, 6.45) is 0. The van der Waals surface area contributed by atoms with E-state index in [9.17, 15) is 9.59 Å². The highest BCUT2D eigenvalue weighted by Gasteiger charge is 2.18. The van der Waals surface area contributed by atoms with Gasteiger partial charge in [-0.05, 0) is 19.1 Å². The Hall–Kier alpha value is -1.40. The Kier molecular flexibility index (Phi) is 5.30.